The van der Waals surface area contributed by atoms with Crippen LogP contribution in [0.25, 0.3) is 10.9 Å². The number of hydrogen-bond acceptors (Lipinski definition) is 4. The van der Waals surface area contributed by atoms with Crippen LogP contribution >= 0.6 is 0 Å². The van der Waals surface area contributed by atoms with Gasteiger partial charge in [0.1, 0.15) is 12.1 Å². The number of aromatic nitrogens is 1. The molecule has 1 unspecified atom stereocenters. The summed E-state index contributed by atoms with van der Waals surface area (Å²) in [6, 6.07) is 15.6. The van der Waals surface area contributed by atoms with E-state index in [0.717, 1.165) is 29.7 Å². The van der Waals surface area contributed by atoms with Crippen LogP contribution in [0.15, 0.2) is 48.5 Å². The average molecular weight is 404 g/mol. The van der Waals surface area contributed by atoms with Gasteiger partial charge in [0.15, 0.2) is 11.5 Å². The van der Waals surface area contributed by atoms with Crippen LogP contribution in [0.5, 0.6) is 11.5 Å². The number of nitrogens with zero attached hydrogens (tertiary/aromatic N) is 1. The largest absolute Gasteiger partial charge is 0.485 e. The van der Waals surface area contributed by atoms with Crippen LogP contribution in [0.4, 0.5) is 11.5 Å². The third-order valence-corrected chi connectivity index (χ3v) is 5.83. The molecule has 1 saturated heterocycles. The van der Waals surface area contributed by atoms with Crippen LogP contribution in [0.3, 0.4) is 0 Å². The van der Waals surface area contributed by atoms with Gasteiger partial charge in [0.25, 0.3) is 11.7 Å². The molecule has 2 aliphatic heterocycles. The number of fused-ring (bicyclic) bond motifs is 2. The first-order valence-corrected chi connectivity index (χ1v) is 10.6. The quantitative estimate of drug-likeness (QED) is 0.722. The van der Waals surface area contributed by atoms with Crippen molar-refractivity contribution in [3.05, 3.63) is 54.1 Å². The Morgan fingerprint density at radius 1 is 1.07 bits per heavy atom. The van der Waals surface area contributed by atoms with Crippen molar-refractivity contribution in [3.63, 3.8) is 0 Å². The zero-order chi connectivity index (χ0) is 20.5. The van der Waals surface area contributed by atoms with E-state index in [9.17, 15) is 4.79 Å². The van der Waals surface area contributed by atoms with Crippen molar-refractivity contribution >= 4 is 28.3 Å². The summed E-state index contributed by atoms with van der Waals surface area (Å²) in [5.41, 5.74) is 3.00. The van der Waals surface area contributed by atoms with Gasteiger partial charge in [-0.25, -0.2) is 4.98 Å². The number of hydrogen-bond donors (Lipinski definition) is 1. The number of carbonyl (C=O) groups is 1. The van der Waals surface area contributed by atoms with Gasteiger partial charge in [0.2, 0.25) is 6.10 Å². The standard InChI is InChI=1S/C24H25N3O3/c1-16-13-23(27-11-5-2-6-12-27)26-19-10-9-17(14-18(16)19)25-24(28)22-15-29-20-7-3-4-8-21(20)30-22/h3-4,7-10,13-14,22H,2,5-6,11-12,15H2,1H3,(H,25,28)/p+1. The molecule has 2 aromatic carbocycles. The topological polar surface area (TPSA) is 64.9 Å². The van der Waals surface area contributed by atoms with Crippen LogP contribution < -0.4 is 24.7 Å². The number of benzene rings is 2. The second-order valence-corrected chi connectivity index (χ2v) is 8.00. The Labute approximate surface area is 175 Å². The number of rotatable bonds is 3. The minimum atomic E-state index is -0.676. The number of carbonyl (C=O) groups excluding carboxylic acids is 1. The van der Waals surface area contributed by atoms with Gasteiger partial charge in [-0.05, 0) is 62.1 Å². The van der Waals surface area contributed by atoms with E-state index in [1.54, 1.807) is 0 Å². The van der Waals surface area contributed by atoms with E-state index in [1.807, 2.05) is 42.5 Å². The fourth-order valence-corrected chi connectivity index (χ4v) is 4.19. The van der Waals surface area contributed by atoms with E-state index in [4.69, 9.17) is 9.47 Å². The number of ether oxygens (including phenoxy) is 2. The Kier molecular flexibility index (Phi) is 4.91. The van der Waals surface area contributed by atoms with Crippen molar-refractivity contribution in [3.8, 4) is 11.5 Å². The molecule has 0 aliphatic carbocycles. The number of para-hydroxylation sites is 2. The lowest BCUT2D eigenvalue weighted by atomic mass is 10.1. The highest BCUT2D eigenvalue weighted by Crippen LogP contribution is 2.31. The first-order chi connectivity index (χ1) is 14.7. The second-order valence-electron chi connectivity index (χ2n) is 8.00. The van der Waals surface area contributed by atoms with E-state index < -0.39 is 6.10 Å². The smallest absolute Gasteiger partial charge is 0.275 e. The first-order valence-electron chi connectivity index (χ1n) is 10.6. The van der Waals surface area contributed by atoms with Gasteiger partial charge in [-0.3, -0.25) is 9.69 Å². The summed E-state index contributed by atoms with van der Waals surface area (Å²) in [6.07, 6.45) is 3.12. The van der Waals surface area contributed by atoms with E-state index in [0.29, 0.717) is 11.5 Å². The SMILES string of the molecule is Cc1cc(N2CCCCC2)[nH+]c2ccc(NC(=O)C3COc4ccccc4O3)cc12. The van der Waals surface area contributed by atoms with Crippen molar-refractivity contribution in [1.29, 1.82) is 0 Å². The van der Waals surface area contributed by atoms with Crippen LogP contribution in [0.2, 0.25) is 0 Å². The van der Waals surface area contributed by atoms with Crippen molar-refractivity contribution in [2.75, 3.05) is 29.9 Å². The lowest BCUT2D eigenvalue weighted by Gasteiger charge is -2.25. The highest BCUT2D eigenvalue weighted by atomic mass is 16.6. The summed E-state index contributed by atoms with van der Waals surface area (Å²) >= 11 is 0. The van der Waals surface area contributed by atoms with Gasteiger partial charge in [0.05, 0.1) is 13.1 Å². The molecule has 6 heteroatoms. The van der Waals surface area contributed by atoms with Crippen LogP contribution in [0, 0.1) is 6.92 Å². The van der Waals surface area contributed by atoms with Crippen LogP contribution in [-0.2, 0) is 4.79 Å². The minimum absolute atomic E-state index is 0.197. The molecule has 0 spiro atoms. The van der Waals surface area contributed by atoms with Crippen molar-refractivity contribution < 1.29 is 19.3 Å². The molecule has 2 aliphatic rings. The predicted molar refractivity (Wildman–Crippen MR) is 116 cm³/mol. The van der Waals surface area contributed by atoms with Gasteiger partial charge >= 0.3 is 0 Å². The third-order valence-electron chi connectivity index (χ3n) is 5.83. The average Bonchev–Trinajstić information content (AvgIpc) is 2.79. The molecule has 2 N–H and O–H groups in total. The van der Waals surface area contributed by atoms with Crippen LogP contribution in [-0.4, -0.2) is 31.7 Å². The molecule has 0 saturated carbocycles. The van der Waals surface area contributed by atoms with Crippen LogP contribution in [0.1, 0.15) is 24.8 Å². The molecule has 6 nitrogen and oxygen atoms in total. The normalized spacial score (nSPS) is 18.3. The molecular weight excluding hydrogens is 378 g/mol. The molecule has 0 radical (unpaired) electrons. The van der Waals surface area contributed by atoms with Gasteiger partial charge in [-0.15, -0.1) is 0 Å². The van der Waals surface area contributed by atoms with E-state index in [2.05, 4.69) is 28.2 Å². The number of amides is 1. The lowest BCUT2D eigenvalue weighted by Crippen LogP contribution is -2.40. The maximum Gasteiger partial charge on any atom is 0.275 e. The van der Waals surface area contributed by atoms with Gasteiger partial charge in [-0.1, -0.05) is 12.1 Å². The fourth-order valence-electron chi connectivity index (χ4n) is 4.19. The van der Waals surface area contributed by atoms with Crippen molar-refractivity contribution in [1.82, 2.24) is 0 Å². The summed E-state index contributed by atoms with van der Waals surface area (Å²) in [4.78, 5) is 18.7. The maximum absolute atomic E-state index is 12.7. The van der Waals surface area contributed by atoms with Gasteiger partial charge < -0.3 is 14.8 Å². The lowest BCUT2D eigenvalue weighted by molar-refractivity contribution is -0.330. The number of nitrogens with one attached hydrogen (secondary N) is 2. The monoisotopic (exact) mass is 404 g/mol. The first kappa shape index (κ1) is 18.7. The molecule has 0 bridgehead atoms. The molecular formula is C24H26N3O3+. The summed E-state index contributed by atoms with van der Waals surface area (Å²) in [5, 5.41) is 4.07. The Morgan fingerprint density at radius 3 is 2.70 bits per heavy atom. The predicted octanol–water partition coefficient (Wildman–Crippen LogP) is 3.73. The minimum Gasteiger partial charge on any atom is -0.485 e. The summed E-state index contributed by atoms with van der Waals surface area (Å²) < 4.78 is 11.5. The van der Waals surface area contributed by atoms with E-state index in [-0.39, 0.29) is 12.5 Å². The molecule has 3 heterocycles. The molecule has 154 valence electrons. The number of aryl methyl sites for hydroxylation is 1. The summed E-state index contributed by atoms with van der Waals surface area (Å²) in [7, 11) is 0. The van der Waals surface area contributed by atoms with Gasteiger partial charge in [-0.2, -0.15) is 0 Å². The molecule has 5 rings (SSSR count). The molecule has 3 aromatic rings. The second kappa shape index (κ2) is 7.86. The molecule has 1 aromatic heterocycles. The number of piperidine rings is 1. The highest BCUT2D eigenvalue weighted by molar-refractivity contribution is 5.97. The maximum atomic E-state index is 12.7. The summed E-state index contributed by atoms with van der Waals surface area (Å²) in [6.45, 7) is 4.51. The Hall–Kier alpha value is -3.28. The molecule has 1 fully saturated rings. The molecule has 1 atom stereocenters. The van der Waals surface area contributed by atoms with E-state index in [1.165, 1.54) is 30.6 Å². The number of H-pyrrole nitrogens is 1. The fraction of sp³-hybridized carbons (Fsp3) is 0.333. The van der Waals surface area contributed by atoms with Crippen molar-refractivity contribution in [2.24, 2.45) is 0 Å². The van der Waals surface area contributed by atoms with E-state index >= 15 is 0 Å². The number of aromatic amines is 1. The summed E-state index contributed by atoms with van der Waals surface area (Å²) in [5.74, 6) is 2.22. The molecule has 1 amide bonds. The Bertz CT molecular complexity index is 1090. The Balaban J connectivity index is 1.34. The number of anilines is 2. The zero-order valence-corrected chi connectivity index (χ0v) is 17.1. The number of pyridine rings is 1. The Morgan fingerprint density at radius 2 is 1.87 bits per heavy atom. The van der Waals surface area contributed by atoms with Crippen molar-refractivity contribution in [2.45, 2.75) is 32.3 Å². The highest BCUT2D eigenvalue weighted by Gasteiger charge is 2.27. The zero-order valence-electron chi connectivity index (χ0n) is 17.1. The molecule has 30 heavy (non-hydrogen) atoms. The van der Waals surface area contributed by atoms with Gasteiger partial charge in [0, 0.05) is 17.1 Å². The third kappa shape index (κ3) is 3.65.